The van der Waals surface area contributed by atoms with Gasteiger partial charge in [-0.2, -0.15) is 0 Å². The molecule has 0 radical (unpaired) electrons. The van der Waals surface area contributed by atoms with Crippen LogP contribution in [0.15, 0.2) is 40.6 Å². The Bertz CT molecular complexity index is 1070. The normalized spacial score (nSPS) is 32.6. The Morgan fingerprint density at radius 3 is 2.24 bits per heavy atom. The average molecular weight is 600 g/mol. The lowest BCUT2D eigenvalue weighted by atomic mass is 9.61. The maximum Gasteiger partial charge on any atom is 0.192 e. The molecule has 3 saturated carbocycles. The summed E-state index contributed by atoms with van der Waals surface area (Å²) in [6.07, 6.45) is 13.0. The molecular formula is C34H61N3O2Si2. The van der Waals surface area contributed by atoms with Gasteiger partial charge in [0, 0.05) is 17.9 Å². The second-order valence-electron chi connectivity index (χ2n) is 16.8. The second-order valence-corrected chi connectivity index (χ2v) is 26.3. The maximum atomic E-state index is 8.88. The van der Waals surface area contributed by atoms with Crippen molar-refractivity contribution in [2.75, 3.05) is 6.54 Å². The van der Waals surface area contributed by atoms with Gasteiger partial charge in [0.15, 0.2) is 16.6 Å². The Hall–Kier alpha value is -1.12. The summed E-state index contributed by atoms with van der Waals surface area (Å²) in [5, 5.41) is 4.25. The molecule has 3 aliphatic carbocycles. The number of azide groups is 1. The molecule has 7 heteroatoms. The van der Waals surface area contributed by atoms with Crippen LogP contribution in [0.1, 0.15) is 100 Å². The van der Waals surface area contributed by atoms with E-state index in [1.165, 1.54) is 37.7 Å². The van der Waals surface area contributed by atoms with Gasteiger partial charge in [-0.25, -0.2) is 0 Å². The minimum atomic E-state index is -1.98. The largest absolute Gasteiger partial charge is 0.413 e. The molecule has 0 saturated heterocycles. The molecule has 41 heavy (non-hydrogen) atoms. The monoisotopic (exact) mass is 599 g/mol. The fourth-order valence-corrected chi connectivity index (χ4v) is 9.94. The SMILES string of the molecule is C=C1C(=CC=C2CCCC3(C)C2CCC3C(C)CN=[N+]=[N-])CC(O[Si](C)(C)C(C)(C)C)CC1O[Si](C)(C)C(C)(C)C. The van der Waals surface area contributed by atoms with Gasteiger partial charge in [-0.3, -0.25) is 0 Å². The molecule has 6 unspecified atom stereocenters. The third-order valence-corrected chi connectivity index (χ3v) is 20.9. The first kappa shape index (κ1) is 34.4. The van der Waals surface area contributed by atoms with Gasteiger partial charge in [0.25, 0.3) is 0 Å². The minimum Gasteiger partial charge on any atom is -0.413 e. The number of allylic oxidation sites excluding steroid dienone is 3. The molecule has 232 valence electrons. The summed E-state index contributed by atoms with van der Waals surface area (Å²) in [6.45, 7) is 33.4. The minimum absolute atomic E-state index is 0.0121. The van der Waals surface area contributed by atoms with E-state index in [4.69, 9.17) is 14.4 Å². The van der Waals surface area contributed by atoms with Crippen molar-refractivity contribution < 1.29 is 8.85 Å². The highest BCUT2D eigenvalue weighted by Crippen LogP contribution is 2.59. The van der Waals surface area contributed by atoms with Gasteiger partial charge in [-0.05, 0) is 115 Å². The zero-order valence-electron chi connectivity index (χ0n) is 28.6. The van der Waals surface area contributed by atoms with Gasteiger partial charge in [-0.1, -0.05) is 84.8 Å². The van der Waals surface area contributed by atoms with Crippen molar-refractivity contribution in [2.45, 2.75) is 149 Å². The van der Waals surface area contributed by atoms with Crippen molar-refractivity contribution in [1.29, 1.82) is 0 Å². The van der Waals surface area contributed by atoms with Crippen LogP contribution in [0.5, 0.6) is 0 Å². The second kappa shape index (κ2) is 12.5. The van der Waals surface area contributed by atoms with Crippen LogP contribution in [-0.4, -0.2) is 35.4 Å². The third-order valence-electron chi connectivity index (χ3n) is 11.9. The highest BCUT2D eigenvalue weighted by atomic mass is 28.4. The van der Waals surface area contributed by atoms with Crippen LogP contribution in [0, 0.1) is 23.2 Å². The highest BCUT2D eigenvalue weighted by Gasteiger charge is 2.50. The number of hydrogen-bond donors (Lipinski definition) is 0. The molecule has 0 bridgehead atoms. The Morgan fingerprint density at radius 1 is 1.05 bits per heavy atom. The summed E-state index contributed by atoms with van der Waals surface area (Å²) >= 11 is 0. The van der Waals surface area contributed by atoms with E-state index in [0.29, 0.717) is 29.7 Å². The Labute approximate surface area is 254 Å². The Kier molecular flexibility index (Phi) is 10.5. The lowest BCUT2D eigenvalue weighted by molar-refractivity contribution is 0.0967. The van der Waals surface area contributed by atoms with Crippen molar-refractivity contribution in [3.63, 3.8) is 0 Å². The molecule has 6 atom stereocenters. The van der Waals surface area contributed by atoms with E-state index in [1.54, 1.807) is 5.57 Å². The summed E-state index contributed by atoms with van der Waals surface area (Å²) in [6, 6.07) is 0. The van der Waals surface area contributed by atoms with Crippen LogP contribution in [0.2, 0.25) is 36.3 Å². The van der Waals surface area contributed by atoms with Gasteiger partial charge in [0.05, 0.1) is 12.2 Å². The van der Waals surface area contributed by atoms with Crippen LogP contribution in [0.4, 0.5) is 0 Å². The smallest absolute Gasteiger partial charge is 0.192 e. The maximum absolute atomic E-state index is 8.88. The molecule has 0 heterocycles. The Morgan fingerprint density at radius 2 is 1.66 bits per heavy atom. The van der Waals surface area contributed by atoms with Gasteiger partial charge >= 0.3 is 0 Å². The van der Waals surface area contributed by atoms with Crippen molar-refractivity contribution in [1.82, 2.24) is 0 Å². The summed E-state index contributed by atoms with van der Waals surface area (Å²) in [4.78, 5) is 3.04. The van der Waals surface area contributed by atoms with Crippen LogP contribution < -0.4 is 0 Å². The summed E-state index contributed by atoms with van der Waals surface area (Å²) in [5.74, 6) is 1.66. The zero-order chi connectivity index (χ0) is 31.0. The molecule has 5 nitrogen and oxygen atoms in total. The molecule has 0 spiro atoms. The summed E-state index contributed by atoms with van der Waals surface area (Å²) in [5.41, 5.74) is 13.2. The first-order valence-electron chi connectivity index (χ1n) is 16.2. The summed E-state index contributed by atoms with van der Waals surface area (Å²) in [7, 11) is -3.90. The van der Waals surface area contributed by atoms with Gasteiger partial charge in [0.1, 0.15) is 0 Å². The van der Waals surface area contributed by atoms with Crippen LogP contribution >= 0.6 is 0 Å². The van der Waals surface area contributed by atoms with E-state index < -0.39 is 16.6 Å². The van der Waals surface area contributed by atoms with Crippen LogP contribution in [-0.2, 0) is 8.85 Å². The van der Waals surface area contributed by atoms with Crippen molar-refractivity contribution >= 4 is 16.6 Å². The summed E-state index contributed by atoms with van der Waals surface area (Å²) < 4.78 is 14.1. The van der Waals surface area contributed by atoms with Gasteiger partial charge in [-0.15, -0.1) is 0 Å². The van der Waals surface area contributed by atoms with E-state index >= 15 is 0 Å². The molecule has 0 aromatic rings. The average Bonchev–Trinajstić information content (AvgIpc) is 3.19. The van der Waals surface area contributed by atoms with Crippen LogP contribution in [0.25, 0.3) is 10.4 Å². The number of hydrogen-bond acceptors (Lipinski definition) is 3. The lowest BCUT2D eigenvalue weighted by Crippen LogP contribution is -2.49. The van der Waals surface area contributed by atoms with Crippen LogP contribution in [0.3, 0.4) is 0 Å². The molecule has 0 amide bonds. The quantitative estimate of drug-likeness (QED) is 0.120. The first-order valence-corrected chi connectivity index (χ1v) is 22.0. The lowest BCUT2D eigenvalue weighted by Gasteiger charge is -2.45. The van der Waals surface area contributed by atoms with Gasteiger partial charge in [0.2, 0.25) is 0 Å². The molecule has 3 rings (SSSR count). The van der Waals surface area contributed by atoms with E-state index in [-0.39, 0.29) is 22.3 Å². The molecule has 0 aromatic carbocycles. The first-order chi connectivity index (χ1) is 18.7. The van der Waals surface area contributed by atoms with E-state index in [2.05, 4.69) is 110 Å². The van der Waals surface area contributed by atoms with E-state index in [9.17, 15) is 0 Å². The molecule has 0 aliphatic heterocycles. The molecule has 0 N–H and O–H groups in total. The van der Waals surface area contributed by atoms with Crippen molar-refractivity contribution in [3.05, 3.63) is 45.9 Å². The zero-order valence-corrected chi connectivity index (χ0v) is 30.6. The molecule has 3 aliphatic rings. The van der Waals surface area contributed by atoms with E-state index in [1.807, 2.05) is 0 Å². The number of rotatable bonds is 8. The Balaban J connectivity index is 1.92. The molecule has 3 fully saturated rings. The third kappa shape index (κ3) is 7.52. The standard InChI is InChI=1S/C34H61N3O2Si2/c1-24(23-36-37-35)29-18-19-30-26(15-14-20-34(29,30)9)16-17-27-21-28(38-40(10,11)32(3,4)5)22-31(25(27)2)39-41(12,13)33(6,7)8/h16-17,24,28-31H,2,14-15,18-23H2,1,3-13H3. The van der Waals surface area contributed by atoms with E-state index in [0.717, 1.165) is 18.4 Å². The predicted molar refractivity (Wildman–Crippen MR) is 180 cm³/mol. The van der Waals surface area contributed by atoms with Crippen molar-refractivity contribution in [2.24, 2.45) is 28.3 Å². The molecular weight excluding hydrogens is 539 g/mol. The fraction of sp³-hybridized carbons (Fsp3) is 0.824. The highest BCUT2D eigenvalue weighted by molar-refractivity contribution is 6.74. The number of nitrogens with zero attached hydrogens (tertiary/aromatic N) is 3. The predicted octanol–water partition coefficient (Wildman–Crippen LogP) is 11.1. The van der Waals surface area contributed by atoms with Crippen molar-refractivity contribution in [3.8, 4) is 0 Å². The molecule has 0 aromatic heterocycles. The van der Waals surface area contributed by atoms with Gasteiger partial charge < -0.3 is 8.85 Å². The fourth-order valence-electron chi connectivity index (χ4n) is 7.27. The topological polar surface area (TPSA) is 67.2 Å². The number of fused-ring (bicyclic) bond motifs is 1.